The van der Waals surface area contributed by atoms with E-state index in [2.05, 4.69) is 5.32 Å². The standard InChI is InChI=1S/C18H20N2O4/c1-11(2)24-16-8-7-12(10-19)9-15(16)20-17(21)13-5-3-4-6-14(13)18(22)23/h3-4,7-9,11,13-14H,5-6H2,1-2H3,(H,20,21)(H,22,23). The SMILES string of the molecule is CC(C)Oc1ccc(C#N)cc1NC(=O)C1CC=CCC1C(=O)O. The lowest BCUT2D eigenvalue weighted by atomic mass is 9.82. The lowest BCUT2D eigenvalue weighted by molar-refractivity contribution is -0.146. The Morgan fingerprint density at radius 1 is 1.29 bits per heavy atom. The largest absolute Gasteiger partial charge is 0.489 e. The molecule has 0 saturated heterocycles. The zero-order chi connectivity index (χ0) is 17.7. The van der Waals surface area contributed by atoms with Gasteiger partial charge in [-0.3, -0.25) is 9.59 Å². The molecule has 0 spiro atoms. The van der Waals surface area contributed by atoms with Crippen molar-refractivity contribution in [1.82, 2.24) is 0 Å². The van der Waals surface area contributed by atoms with Gasteiger partial charge in [0, 0.05) is 0 Å². The molecular formula is C18H20N2O4. The lowest BCUT2D eigenvalue weighted by Gasteiger charge is -2.25. The van der Waals surface area contributed by atoms with E-state index in [1.807, 2.05) is 26.0 Å². The Labute approximate surface area is 140 Å². The number of anilines is 1. The minimum atomic E-state index is -0.982. The molecule has 0 aromatic heterocycles. The van der Waals surface area contributed by atoms with Crippen LogP contribution in [-0.2, 0) is 9.59 Å². The number of nitrogens with zero attached hydrogens (tertiary/aromatic N) is 1. The molecule has 0 aliphatic heterocycles. The first-order chi connectivity index (χ1) is 11.4. The van der Waals surface area contributed by atoms with Crippen molar-refractivity contribution in [3.63, 3.8) is 0 Å². The zero-order valence-electron chi connectivity index (χ0n) is 13.7. The third-order valence-corrected chi connectivity index (χ3v) is 3.82. The van der Waals surface area contributed by atoms with E-state index in [1.165, 1.54) is 6.07 Å². The van der Waals surface area contributed by atoms with Gasteiger partial charge in [-0.2, -0.15) is 5.26 Å². The van der Waals surface area contributed by atoms with E-state index >= 15 is 0 Å². The molecule has 1 aliphatic carbocycles. The molecule has 6 nitrogen and oxygen atoms in total. The van der Waals surface area contributed by atoms with Crippen LogP contribution in [0.2, 0.25) is 0 Å². The highest BCUT2D eigenvalue weighted by atomic mass is 16.5. The van der Waals surface area contributed by atoms with Crippen LogP contribution >= 0.6 is 0 Å². The number of hydrogen-bond donors (Lipinski definition) is 2. The summed E-state index contributed by atoms with van der Waals surface area (Å²) >= 11 is 0. The molecule has 1 aromatic rings. The van der Waals surface area contributed by atoms with E-state index in [0.717, 1.165) is 0 Å². The Bertz CT molecular complexity index is 703. The Morgan fingerprint density at radius 2 is 1.96 bits per heavy atom. The summed E-state index contributed by atoms with van der Waals surface area (Å²) in [6.45, 7) is 3.71. The molecule has 0 saturated carbocycles. The zero-order valence-corrected chi connectivity index (χ0v) is 13.7. The number of allylic oxidation sites excluding steroid dienone is 2. The quantitative estimate of drug-likeness (QED) is 0.810. The lowest BCUT2D eigenvalue weighted by Crippen LogP contribution is -2.34. The van der Waals surface area contributed by atoms with Gasteiger partial charge >= 0.3 is 5.97 Å². The number of rotatable bonds is 5. The second kappa shape index (κ2) is 7.64. The van der Waals surface area contributed by atoms with Crippen LogP contribution < -0.4 is 10.1 Å². The van der Waals surface area contributed by atoms with Crippen LogP contribution in [0.1, 0.15) is 32.3 Å². The number of benzene rings is 1. The summed E-state index contributed by atoms with van der Waals surface area (Å²) in [6, 6.07) is 6.78. The third-order valence-electron chi connectivity index (χ3n) is 3.82. The van der Waals surface area contributed by atoms with Crippen LogP contribution in [0.3, 0.4) is 0 Å². The van der Waals surface area contributed by atoms with Crippen molar-refractivity contribution in [2.24, 2.45) is 11.8 Å². The first kappa shape index (κ1) is 17.5. The number of nitrogens with one attached hydrogen (secondary N) is 1. The minimum absolute atomic E-state index is 0.0991. The predicted molar refractivity (Wildman–Crippen MR) is 88.5 cm³/mol. The highest BCUT2D eigenvalue weighted by molar-refractivity contribution is 5.96. The van der Waals surface area contributed by atoms with Crippen molar-refractivity contribution in [2.45, 2.75) is 32.8 Å². The van der Waals surface area contributed by atoms with Crippen molar-refractivity contribution in [3.05, 3.63) is 35.9 Å². The molecule has 0 heterocycles. The molecule has 24 heavy (non-hydrogen) atoms. The highest BCUT2D eigenvalue weighted by Crippen LogP contribution is 2.31. The minimum Gasteiger partial charge on any atom is -0.489 e. The van der Waals surface area contributed by atoms with E-state index < -0.39 is 17.8 Å². The molecule has 1 aliphatic rings. The Balaban J connectivity index is 2.25. The topological polar surface area (TPSA) is 99.4 Å². The summed E-state index contributed by atoms with van der Waals surface area (Å²) in [5.74, 6) is -2.30. The maximum absolute atomic E-state index is 12.6. The monoisotopic (exact) mass is 328 g/mol. The normalized spacial score (nSPS) is 19.6. The molecule has 2 atom stereocenters. The molecule has 2 N–H and O–H groups in total. The van der Waals surface area contributed by atoms with Gasteiger partial charge in [-0.25, -0.2) is 0 Å². The van der Waals surface area contributed by atoms with Crippen molar-refractivity contribution >= 4 is 17.6 Å². The second-order valence-corrected chi connectivity index (χ2v) is 5.97. The van der Waals surface area contributed by atoms with Gasteiger partial charge in [-0.15, -0.1) is 0 Å². The fourth-order valence-corrected chi connectivity index (χ4v) is 2.66. The number of carbonyl (C=O) groups excluding carboxylic acids is 1. The van der Waals surface area contributed by atoms with E-state index in [1.54, 1.807) is 18.2 Å². The third kappa shape index (κ3) is 4.13. The summed E-state index contributed by atoms with van der Waals surface area (Å²) in [6.07, 6.45) is 4.22. The van der Waals surface area contributed by atoms with Crippen LogP contribution in [0.5, 0.6) is 5.75 Å². The number of carboxylic acid groups (broad SMARTS) is 1. The summed E-state index contributed by atoms with van der Waals surface area (Å²) in [4.78, 5) is 23.9. The maximum Gasteiger partial charge on any atom is 0.307 e. The van der Waals surface area contributed by atoms with Gasteiger partial charge in [0.2, 0.25) is 5.91 Å². The Hall–Kier alpha value is -2.81. The van der Waals surface area contributed by atoms with Crippen LogP contribution in [0.25, 0.3) is 0 Å². The first-order valence-electron chi connectivity index (χ1n) is 7.82. The van der Waals surface area contributed by atoms with Crippen molar-refractivity contribution in [1.29, 1.82) is 5.26 Å². The average molecular weight is 328 g/mol. The Kier molecular flexibility index (Phi) is 5.59. The second-order valence-electron chi connectivity index (χ2n) is 5.97. The molecule has 2 unspecified atom stereocenters. The molecule has 2 rings (SSSR count). The first-order valence-corrected chi connectivity index (χ1v) is 7.82. The van der Waals surface area contributed by atoms with Crippen molar-refractivity contribution in [2.75, 3.05) is 5.32 Å². The van der Waals surface area contributed by atoms with Crippen LogP contribution in [0, 0.1) is 23.2 Å². The number of nitriles is 1. The molecule has 0 radical (unpaired) electrons. The smallest absolute Gasteiger partial charge is 0.307 e. The van der Waals surface area contributed by atoms with Gasteiger partial charge in [-0.05, 0) is 44.9 Å². The van der Waals surface area contributed by atoms with Crippen LogP contribution in [0.15, 0.2) is 30.4 Å². The average Bonchev–Trinajstić information content (AvgIpc) is 2.55. The summed E-state index contributed by atoms with van der Waals surface area (Å²) in [5, 5.41) is 21.1. The summed E-state index contributed by atoms with van der Waals surface area (Å²) < 4.78 is 5.65. The molecule has 0 fully saturated rings. The molecular weight excluding hydrogens is 308 g/mol. The van der Waals surface area contributed by atoms with Gasteiger partial charge in [0.15, 0.2) is 0 Å². The van der Waals surface area contributed by atoms with Gasteiger partial charge < -0.3 is 15.2 Å². The molecule has 1 aromatic carbocycles. The number of aliphatic carboxylic acids is 1. The Morgan fingerprint density at radius 3 is 2.54 bits per heavy atom. The van der Waals surface area contributed by atoms with Crippen molar-refractivity contribution in [3.8, 4) is 11.8 Å². The van der Waals surface area contributed by atoms with E-state index in [4.69, 9.17) is 10.00 Å². The number of hydrogen-bond acceptors (Lipinski definition) is 4. The van der Waals surface area contributed by atoms with Gasteiger partial charge in [0.25, 0.3) is 0 Å². The van der Waals surface area contributed by atoms with Gasteiger partial charge in [-0.1, -0.05) is 12.2 Å². The number of amides is 1. The maximum atomic E-state index is 12.6. The molecule has 1 amide bonds. The molecule has 126 valence electrons. The highest BCUT2D eigenvalue weighted by Gasteiger charge is 2.34. The summed E-state index contributed by atoms with van der Waals surface area (Å²) in [7, 11) is 0. The van der Waals surface area contributed by atoms with E-state index in [9.17, 15) is 14.7 Å². The van der Waals surface area contributed by atoms with E-state index in [0.29, 0.717) is 29.8 Å². The fraction of sp³-hybridized carbons (Fsp3) is 0.389. The van der Waals surface area contributed by atoms with Gasteiger partial charge in [0.05, 0.1) is 35.3 Å². The molecule has 6 heteroatoms. The molecule has 0 bridgehead atoms. The number of carboxylic acids is 1. The van der Waals surface area contributed by atoms with E-state index in [-0.39, 0.29) is 12.0 Å². The number of ether oxygens (including phenoxy) is 1. The van der Waals surface area contributed by atoms with Crippen molar-refractivity contribution < 1.29 is 19.4 Å². The fourth-order valence-electron chi connectivity index (χ4n) is 2.66. The predicted octanol–water partition coefficient (Wildman–Crippen LogP) is 2.95. The summed E-state index contributed by atoms with van der Waals surface area (Å²) in [5.41, 5.74) is 0.770. The van der Waals surface area contributed by atoms with Gasteiger partial charge in [0.1, 0.15) is 5.75 Å². The van der Waals surface area contributed by atoms with Crippen LogP contribution in [0.4, 0.5) is 5.69 Å². The number of carbonyl (C=O) groups is 2. The van der Waals surface area contributed by atoms with Crippen LogP contribution in [-0.4, -0.2) is 23.1 Å².